The van der Waals surface area contributed by atoms with Crippen molar-refractivity contribution in [1.82, 2.24) is 5.32 Å². The molecule has 2 N–H and O–H groups in total. The van der Waals surface area contributed by atoms with Crippen LogP contribution in [-0.2, 0) is 16.2 Å². The van der Waals surface area contributed by atoms with E-state index in [-0.39, 0.29) is 29.1 Å². The molecule has 4 rings (SSSR count). The van der Waals surface area contributed by atoms with E-state index >= 15 is 0 Å². The number of urea groups is 1. The van der Waals surface area contributed by atoms with Crippen LogP contribution in [0, 0.1) is 13.7 Å². The van der Waals surface area contributed by atoms with E-state index in [2.05, 4.69) is 5.32 Å². The van der Waals surface area contributed by atoms with Crippen molar-refractivity contribution in [2.24, 2.45) is 0 Å². The Balaban J connectivity index is 1.62. The van der Waals surface area contributed by atoms with E-state index in [1.165, 1.54) is 49.6 Å². The largest absolute Gasteiger partial charge is 0.493 e. The summed E-state index contributed by atoms with van der Waals surface area (Å²) in [5.74, 6) is -2.23. The number of non-ortho nitro benzene ring substituents is 1. The summed E-state index contributed by atoms with van der Waals surface area (Å²) in [7, 11) is 1.41. The number of ether oxygens (including phenoxy) is 2. The molecule has 0 atom stereocenters. The summed E-state index contributed by atoms with van der Waals surface area (Å²) in [6.45, 7) is 0.119. The number of nitro benzene ring substituents is 1. The monoisotopic (exact) mass is 643 g/mol. The zero-order valence-electron chi connectivity index (χ0n) is 20.0. The highest BCUT2D eigenvalue weighted by Gasteiger charge is 2.37. The van der Waals surface area contributed by atoms with Crippen LogP contribution in [0.1, 0.15) is 21.5 Å². The number of anilines is 1. The Morgan fingerprint density at radius 2 is 1.85 bits per heavy atom. The van der Waals surface area contributed by atoms with Gasteiger partial charge in [0.2, 0.25) is 0 Å². The Morgan fingerprint density at radius 1 is 1.13 bits per heavy atom. The standard InChI is InChI=1S/C26H18IN3O9/c1-38-21-11-15(10-20(27)22(21)39-13-14-5-7-16(8-6-14)25(33)34)9-19-23(31)28-26(35)29(24(19)32)17-3-2-4-18(12-17)30(36)37/h2-12H,13H2,1H3,(H,33,34)(H,28,31,35)/b19-9+. The van der Waals surface area contributed by atoms with Crippen LogP contribution in [0.3, 0.4) is 0 Å². The number of rotatable bonds is 8. The average molecular weight is 643 g/mol. The molecule has 1 fully saturated rings. The van der Waals surface area contributed by atoms with Crippen molar-refractivity contribution < 1.29 is 38.7 Å². The zero-order chi connectivity index (χ0) is 28.3. The van der Waals surface area contributed by atoms with Crippen molar-refractivity contribution in [3.8, 4) is 11.5 Å². The SMILES string of the molecule is COc1cc(/C=C2\C(=O)NC(=O)N(c3cccc([N+](=O)[O-])c3)C2=O)cc(I)c1OCc1ccc(C(=O)O)cc1. The summed E-state index contributed by atoms with van der Waals surface area (Å²) in [5, 5.41) is 22.2. The number of imide groups is 2. The van der Waals surface area contributed by atoms with Gasteiger partial charge in [-0.25, -0.2) is 14.5 Å². The maximum atomic E-state index is 13.2. The summed E-state index contributed by atoms with van der Waals surface area (Å²) < 4.78 is 11.9. The smallest absolute Gasteiger partial charge is 0.335 e. The minimum absolute atomic E-state index is 0.0719. The number of carbonyl (C=O) groups is 4. The fourth-order valence-corrected chi connectivity index (χ4v) is 4.45. The molecule has 0 bridgehead atoms. The van der Waals surface area contributed by atoms with Crippen LogP contribution in [-0.4, -0.2) is 41.0 Å². The van der Waals surface area contributed by atoms with Gasteiger partial charge in [-0.2, -0.15) is 0 Å². The Hall–Kier alpha value is -4.79. The molecule has 1 saturated heterocycles. The first-order chi connectivity index (χ1) is 18.6. The lowest BCUT2D eigenvalue weighted by atomic mass is 10.1. The molecule has 3 aromatic carbocycles. The number of barbiturate groups is 1. The van der Waals surface area contributed by atoms with Crippen LogP contribution >= 0.6 is 22.6 Å². The lowest BCUT2D eigenvalue weighted by molar-refractivity contribution is -0.384. The molecule has 39 heavy (non-hydrogen) atoms. The van der Waals surface area contributed by atoms with Gasteiger partial charge in [0, 0.05) is 12.1 Å². The molecule has 0 aliphatic carbocycles. The van der Waals surface area contributed by atoms with Crippen molar-refractivity contribution in [1.29, 1.82) is 0 Å². The van der Waals surface area contributed by atoms with Crippen LogP contribution in [0.4, 0.5) is 16.2 Å². The molecule has 1 aliphatic heterocycles. The predicted octanol–water partition coefficient (Wildman–Crippen LogP) is 4.15. The van der Waals surface area contributed by atoms with Gasteiger partial charge >= 0.3 is 12.0 Å². The molecule has 0 aromatic heterocycles. The van der Waals surface area contributed by atoms with Crippen LogP contribution in [0.25, 0.3) is 6.08 Å². The van der Waals surface area contributed by atoms with E-state index in [0.29, 0.717) is 25.5 Å². The van der Waals surface area contributed by atoms with Gasteiger partial charge in [-0.15, -0.1) is 0 Å². The Bertz CT molecular complexity index is 1550. The van der Waals surface area contributed by atoms with E-state index in [9.17, 15) is 29.3 Å². The highest BCUT2D eigenvalue weighted by Crippen LogP contribution is 2.36. The van der Waals surface area contributed by atoms with Gasteiger partial charge in [-0.3, -0.25) is 25.0 Å². The first-order valence-electron chi connectivity index (χ1n) is 11.1. The number of amides is 4. The molecular formula is C26H18IN3O9. The minimum atomic E-state index is -1.04. The first kappa shape index (κ1) is 27.3. The number of benzene rings is 3. The fourth-order valence-electron chi connectivity index (χ4n) is 3.67. The van der Waals surface area contributed by atoms with Gasteiger partial charge in [-0.05, 0) is 70.1 Å². The molecule has 13 heteroatoms. The van der Waals surface area contributed by atoms with Crippen molar-refractivity contribution in [2.45, 2.75) is 6.61 Å². The summed E-state index contributed by atoms with van der Waals surface area (Å²) in [5.41, 5.74) is 0.489. The Labute approximate surface area is 234 Å². The lowest BCUT2D eigenvalue weighted by Crippen LogP contribution is -2.54. The molecule has 3 aromatic rings. The van der Waals surface area contributed by atoms with E-state index in [4.69, 9.17) is 14.6 Å². The number of nitrogens with one attached hydrogen (secondary N) is 1. The molecule has 0 radical (unpaired) electrons. The van der Waals surface area contributed by atoms with Crippen LogP contribution in [0.15, 0.2) is 66.2 Å². The van der Waals surface area contributed by atoms with E-state index in [1.807, 2.05) is 22.6 Å². The Morgan fingerprint density at radius 3 is 2.49 bits per heavy atom. The average Bonchev–Trinajstić information content (AvgIpc) is 2.90. The second kappa shape index (κ2) is 11.3. The summed E-state index contributed by atoms with van der Waals surface area (Å²) >= 11 is 2.00. The van der Waals surface area contributed by atoms with Crippen molar-refractivity contribution in [3.63, 3.8) is 0 Å². The summed E-state index contributed by atoms with van der Waals surface area (Å²) in [4.78, 5) is 60.3. The number of nitro groups is 1. The first-order valence-corrected chi connectivity index (χ1v) is 12.2. The van der Waals surface area contributed by atoms with Crippen LogP contribution in [0.5, 0.6) is 11.5 Å². The third-order valence-corrected chi connectivity index (χ3v) is 6.35. The number of halogens is 1. The van der Waals surface area contributed by atoms with Gasteiger partial charge in [-0.1, -0.05) is 18.2 Å². The predicted molar refractivity (Wildman–Crippen MR) is 146 cm³/mol. The fraction of sp³-hybridized carbons (Fsp3) is 0.0769. The number of carboxylic acid groups (broad SMARTS) is 1. The van der Waals surface area contributed by atoms with Gasteiger partial charge in [0.1, 0.15) is 12.2 Å². The second-order valence-electron chi connectivity index (χ2n) is 8.06. The van der Waals surface area contributed by atoms with Crippen LogP contribution in [0.2, 0.25) is 0 Å². The molecule has 1 heterocycles. The maximum absolute atomic E-state index is 13.2. The molecule has 198 valence electrons. The number of hydrogen-bond donors (Lipinski definition) is 2. The van der Waals surface area contributed by atoms with E-state index in [0.717, 1.165) is 11.6 Å². The highest BCUT2D eigenvalue weighted by molar-refractivity contribution is 14.1. The quantitative estimate of drug-likeness (QED) is 0.121. The van der Waals surface area contributed by atoms with Crippen molar-refractivity contribution >= 4 is 63.9 Å². The molecule has 0 unspecified atom stereocenters. The third-order valence-electron chi connectivity index (χ3n) is 5.55. The zero-order valence-corrected chi connectivity index (χ0v) is 22.2. The molecule has 1 aliphatic rings. The van der Waals surface area contributed by atoms with Gasteiger partial charge in [0.05, 0.1) is 26.9 Å². The third kappa shape index (κ3) is 5.87. The lowest BCUT2D eigenvalue weighted by Gasteiger charge is -2.26. The number of aromatic carboxylic acids is 1. The van der Waals surface area contributed by atoms with E-state index < -0.39 is 28.7 Å². The molecular weight excluding hydrogens is 625 g/mol. The number of nitrogens with zero attached hydrogens (tertiary/aromatic N) is 2. The Kier molecular flexibility index (Phi) is 7.90. The van der Waals surface area contributed by atoms with Gasteiger partial charge in [0.25, 0.3) is 17.5 Å². The minimum Gasteiger partial charge on any atom is -0.493 e. The van der Waals surface area contributed by atoms with Gasteiger partial charge < -0.3 is 14.6 Å². The molecule has 0 spiro atoms. The molecule has 0 saturated carbocycles. The molecule has 4 amide bonds. The topological polar surface area (TPSA) is 165 Å². The number of methoxy groups -OCH3 is 1. The van der Waals surface area contributed by atoms with Crippen molar-refractivity contribution in [3.05, 3.63) is 96.6 Å². The number of carboxylic acids is 1. The van der Waals surface area contributed by atoms with Crippen molar-refractivity contribution in [2.75, 3.05) is 12.0 Å². The maximum Gasteiger partial charge on any atom is 0.335 e. The second-order valence-corrected chi connectivity index (χ2v) is 9.22. The number of hydrogen-bond acceptors (Lipinski definition) is 8. The number of carbonyl (C=O) groups excluding carboxylic acids is 3. The van der Waals surface area contributed by atoms with Crippen LogP contribution < -0.4 is 19.7 Å². The van der Waals surface area contributed by atoms with Gasteiger partial charge in [0.15, 0.2) is 11.5 Å². The summed E-state index contributed by atoms with van der Waals surface area (Å²) in [6.07, 6.45) is 1.27. The molecule has 12 nitrogen and oxygen atoms in total. The highest BCUT2D eigenvalue weighted by atomic mass is 127. The summed E-state index contributed by atoms with van der Waals surface area (Å²) in [6, 6.07) is 13.2. The van der Waals surface area contributed by atoms with E-state index in [1.54, 1.807) is 18.2 Å². The normalized spacial score (nSPS) is 14.3.